The van der Waals surface area contributed by atoms with Crippen LogP contribution in [0.3, 0.4) is 0 Å². The number of hydrogen-bond donors (Lipinski definition) is 1. The fraction of sp³-hybridized carbons (Fsp3) is 0.250. The summed E-state index contributed by atoms with van der Waals surface area (Å²) in [5, 5.41) is 9.77. The van der Waals surface area contributed by atoms with Gasteiger partial charge in [-0.2, -0.15) is 0 Å². The molecule has 15 heavy (non-hydrogen) atoms. The molecule has 0 spiro atoms. The average molecular weight is 204 g/mol. The molecule has 1 unspecified atom stereocenters. The number of carbonyl (C=O) groups is 1. The summed E-state index contributed by atoms with van der Waals surface area (Å²) in [5.41, 5.74) is 1.92. The zero-order valence-corrected chi connectivity index (χ0v) is 8.49. The third-order valence-corrected chi connectivity index (χ3v) is 2.61. The molecule has 1 aliphatic rings. The fourth-order valence-electron chi connectivity index (χ4n) is 1.69. The van der Waals surface area contributed by atoms with E-state index in [0.717, 1.165) is 5.57 Å². The number of carbonyl (C=O) groups excluding carboxylic acids is 1. The van der Waals surface area contributed by atoms with Crippen LogP contribution in [0.1, 0.15) is 22.8 Å². The Morgan fingerprint density at radius 3 is 3.00 bits per heavy atom. The van der Waals surface area contributed by atoms with E-state index < -0.39 is 0 Å². The summed E-state index contributed by atoms with van der Waals surface area (Å²) in [4.78, 5) is 10.6. The molecule has 0 aromatic heterocycles. The van der Waals surface area contributed by atoms with Gasteiger partial charge in [-0.05, 0) is 24.6 Å². The fourth-order valence-corrected chi connectivity index (χ4v) is 1.69. The van der Waals surface area contributed by atoms with E-state index >= 15 is 0 Å². The smallest absolute Gasteiger partial charge is 0.153 e. The number of phenolic OH excluding ortho intramolecular Hbond substituents is 1. The number of ether oxygens (including phenoxy) is 1. The van der Waals surface area contributed by atoms with Gasteiger partial charge in [-0.3, -0.25) is 4.79 Å². The van der Waals surface area contributed by atoms with Gasteiger partial charge in [0, 0.05) is 12.0 Å². The zero-order chi connectivity index (χ0) is 11.0. The molecule has 0 saturated heterocycles. The second-order valence-electron chi connectivity index (χ2n) is 3.75. The first-order chi connectivity index (χ1) is 7.13. The molecule has 1 N–H and O–H groups in total. The Morgan fingerprint density at radius 2 is 2.40 bits per heavy atom. The quantitative estimate of drug-likeness (QED) is 0.592. The van der Waals surface area contributed by atoms with E-state index in [1.54, 1.807) is 12.1 Å². The highest BCUT2D eigenvalue weighted by molar-refractivity contribution is 5.81. The van der Waals surface area contributed by atoms with Crippen molar-refractivity contribution in [3.63, 3.8) is 0 Å². The lowest BCUT2D eigenvalue weighted by atomic mass is 10.0. The molecule has 3 heteroatoms. The van der Waals surface area contributed by atoms with Gasteiger partial charge in [0.15, 0.2) is 6.29 Å². The van der Waals surface area contributed by atoms with Crippen LogP contribution in [-0.2, 0) is 6.42 Å². The second-order valence-corrected chi connectivity index (χ2v) is 3.75. The topological polar surface area (TPSA) is 46.5 Å². The first-order valence-corrected chi connectivity index (χ1v) is 4.75. The van der Waals surface area contributed by atoms with Gasteiger partial charge >= 0.3 is 0 Å². The number of aromatic hydroxyl groups is 1. The third kappa shape index (κ3) is 1.50. The standard InChI is InChI=1S/C12H12O3/c1-7(2)11-5-9-10(15-11)4-3-8(6-13)12(9)14/h3-4,6,11,14H,1,5H2,2H3. The largest absolute Gasteiger partial charge is 0.507 e. The van der Waals surface area contributed by atoms with Crippen molar-refractivity contribution < 1.29 is 14.6 Å². The van der Waals surface area contributed by atoms with Gasteiger partial charge in [0.1, 0.15) is 17.6 Å². The number of benzene rings is 1. The van der Waals surface area contributed by atoms with Gasteiger partial charge in [0.2, 0.25) is 0 Å². The van der Waals surface area contributed by atoms with Crippen LogP contribution in [-0.4, -0.2) is 17.5 Å². The summed E-state index contributed by atoms with van der Waals surface area (Å²) in [6.07, 6.45) is 1.13. The normalized spacial score (nSPS) is 18.1. The number of aldehydes is 1. The second kappa shape index (κ2) is 3.42. The molecule has 2 rings (SSSR count). The molecule has 3 nitrogen and oxygen atoms in total. The van der Waals surface area contributed by atoms with Crippen molar-refractivity contribution in [2.75, 3.05) is 0 Å². The molecule has 0 aliphatic carbocycles. The first kappa shape index (κ1) is 9.77. The number of phenols is 1. The molecule has 0 fully saturated rings. The van der Waals surface area contributed by atoms with Gasteiger partial charge < -0.3 is 9.84 Å². The van der Waals surface area contributed by atoms with Gasteiger partial charge in [-0.15, -0.1) is 0 Å². The molecule has 0 saturated carbocycles. The summed E-state index contributed by atoms with van der Waals surface area (Å²) < 4.78 is 5.57. The lowest BCUT2D eigenvalue weighted by molar-refractivity contribution is 0.112. The highest BCUT2D eigenvalue weighted by atomic mass is 16.5. The highest BCUT2D eigenvalue weighted by Crippen LogP contribution is 2.38. The van der Waals surface area contributed by atoms with E-state index in [-0.39, 0.29) is 11.9 Å². The first-order valence-electron chi connectivity index (χ1n) is 4.75. The van der Waals surface area contributed by atoms with Crippen LogP contribution < -0.4 is 4.74 Å². The Bertz CT molecular complexity index is 435. The highest BCUT2D eigenvalue weighted by Gasteiger charge is 2.27. The van der Waals surface area contributed by atoms with E-state index in [1.165, 1.54) is 0 Å². The molecule has 1 heterocycles. The minimum Gasteiger partial charge on any atom is -0.507 e. The number of hydrogen-bond acceptors (Lipinski definition) is 3. The van der Waals surface area contributed by atoms with Crippen molar-refractivity contribution in [2.24, 2.45) is 0 Å². The summed E-state index contributed by atoms with van der Waals surface area (Å²) in [6.45, 7) is 5.70. The predicted molar refractivity (Wildman–Crippen MR) is 56.4 cm³/mol. The lowest BCUT2D eigenvalue weighted by Crippen LogP contribution is -2.13. The Hall–Kier alpha value is -1.77. The maximum atomic E-state index is 10.6. The van der Waals surface area contributed by atoms with Crippen LogP contribution in [0.25, 0.3) is 0 Å². The maximum Gasteiger partial charge on any atom is 0.153 e. The lowest BCUT2D eigenvalue weighted by Gasteiger charge is -2.08. The van der Waals surface area contributed by atoms with Crippen molar-refractivity contribution in [3.8, 4) is 11.5 Å². The van der Waals surface area contributed by atoms with Crippen LogP contribution in [0.5, 0.6) is 11.5 Å². The Labute approximate surface area is 88.0 Å². The van der Waals surface area contributed by atoms with Gasteiger partial charge in [-0.1, -0.05) is 6.58 Å². The van der Waals surface area contributed by atoms with E-state index in [0.29, 0.717) is 29.6 Å². The molecule has 0 amide bonds. The molecule has 0 bridgehead atoms. The van der Waals surface area contributed by atoms with E-state index in [2.05, 4.69) is 6.58 Å². The number of fused-ring (bicyclic) bond motifs is 1. The van der Waals surface area contributed by atoms with Crippen molar-refractivity contribution in [2.45, 2.75) is 19.4 Å². The zero-order valence-electron chi connectivity index (χ0n) is 8.49. The average Bonchev–Trinajstić information content (AvgIpc) is 2.63. The van der Waals surface area contributed by atoms with Crippen LogP contribution in [0, 0.1) is 0 Å². The van der Waals surface area contributed by atoms with Crippen LogP contribution in [0.2, 0.25) is 0 Å². The molecule has 78 valence electrons. The van der Waals surface area contributed by atoms with Crippen molar-refractivity contribution in [1.29, 1.82) is 0 Å². The van der Waals surface area contributed by atoms with Gasteiger partial charge in [0.05, 0.1) is 5.56 Å². The predicted octanol–water partition coefficient (Wildman–Crippen LogP) is 2.08. The molecule has 1 atom stereocenters. The molecular weight excluding hydrogens is 192 g/mol. The molecule has 1 aromatic carbocycles. The summed E-state index contributed by atoms with van der Waals surface area (Å²) in [7, 11) is 0. The Morgan fingerprint density at radius 1 is 1.67 bits per heavy atom. The maximum absolute atomic E-state index is 10.6. The van der Waals surface area contributed by atoms with Crippen molar-refractivity contribution in [3.05, 3.63) is 35.4 Å². The van der Waals surface area contributed by atoms with E-state index in [9.17, 15) is 9.90 Å². The minimum atomic E-state index is -0.0900. The van der Waals surface area contributed by atoms with Gasteiger partial charge in [-0.25, -0.2) is 0 Å². The van der Waals surface area contributed by atoms with E-state index in [1.807, 2.05) is 6.92 Å². The third-order valence-electron chi connectivity index (χ3n) is 2.61. The SMILES string of the molecule is C=C(C)C1Cc2c(ccc(C=O)c2O)O1. The summed E-state index contributed by atoms with van der Waals surface area (Å²) in [5.74, 6) is 0.678. The van der Waals surface area contributed by atoms with Crippen LogP contribution >= 0.6 is 0 Å². The van der Waals surface area contributed by atoms with Crippen molar-refractivity contribution in [1.82, 2.24) is 0 Å². The van der Waals surface area contributed by atoms with E-state index in [4.69, 9.17) is 4.74 Å². The summed E-state index contributed by atoms with van der Waals surface area (Å²) in [6, 6.07) is 3.27. The molecular formula is C12H12O3. The molecule has 1 aromatic rings. The number of rotatable bonds is 2. The van der Waals surface area contributed by atoms with Crippen LogP contribution in [0.15, 0.2) is 24.3 Å². The molecule has 0 radical (unpaired) electrons. The van der Waals surface area contributed by atoms with Crippen LogP contribution in [0.4, 0.5) is 0 Å². The van der Waals surface area contributed by atoms with Crippen molar-refractivity contribution >= 4 is 6.29 Å². The minimum absolute atomic E-state index is 0.0336. The Kier molecular flexibility index (Phi) is 2.23. The summed E-state index contributed by atoms with van der Waals surface area (Å²) >= 11 is 0. The monoisotopic (exact) mass is 204 g/mol. The van der Waals surface area contributed by atoms with Gasteiger partial charge in [0.25, 0.3) is 0 Å². The Balaban J connectivity index is 2.42. The molecule has 1 aliphatic heterocycles.